The molecule has 122 valence electrons. The average Bonchev–Trinajstić information content (AvgIpc) is 2.47. The molecule has 0 fully saturated rings. The average molecular weight is 395 g/mol. The first kappa shape index (κ1) is 18.5. The molecule has 1 aromatic carbocycles. The summed E-state index contributed by atoms with van der Waals surface area (Å²) in [4.78, 5) is 21.4. The SMILES string of the molecule is CCOC(=O)[C@H](CCBr)NS(=O)(=O)c1ccccc1[N+](=O)[O-]. The van der Waals surface area contributed by atoms with Crippen molar-refractivity contribution in [1.82, 2.24) is 4.72 Å². The second-order valence-electron chi connectivity index (χ2n) is 4.13. The Morgan fingerprint density at radius 1 is 1.45 bits per heavy atom. The third-order valence-corrected chi connectivity index (χ3v) is 4.59. The monoisotopic (exact) mass is 394 g/mol. The first-order valence-electron chi connectivity index (χ1n) is 6.31. The van der Waals surface area contributed by atoms with Gasteiger partial charge in [0.25, 0.3) is 5.69 Å². The van der Waals surface area contributed by atoms with Crippen LogP contribution >= 0.6 is 15.9 Å². The molecule has 1 atom stereocenters. The van der Waals surface area contributed by atoms with E-state index in [1.54, 1.807) is 6.92 Å². The van der Waals surface area contributed by atoms with Gasteiger partial charge in [0.2, 0.25) is 10.0 Å². The van der Waals surface area contributed by atoms with Crippen LogP contribution in [-0.4, -0.2) is 37.3 Å². The topological polar surface area (TPSA) is 116 Å². The number of hydrogen-bond acceptors (Lipinski definition) is 6. The quantitative estimate of drug-likeness (QED) is 0.309. The molecule has 0 heterocycles. The minimum absolute atomic E-state index is 0.102. The summed E-state index contributed by atoms with van der Waals surface area (Å²) in [6, 6.07) is 3.79. The number of esters is 1. The molecule has 8 nitrogen and oxygen atoms in total. The molecule has 0 aliphatic carbocycles. The Hall–Kier alpha value is -1.52. The van der Waals surface area contributed by atoms with Crippen molar-refractivity contribution in [1.29, 1.82) is 0 Å². The summed E-state index contributed by atoms with van der Waals surface area (Å²) in [6.07, 6.45) is 0.151. The summed E-state index contributed by atoms with van der Waals surface area (Å²) in [7, 11) is -4.23. The van der Waals surface area contributed by atoms with Gasteiger partial charge in [0.15, 0.2) is 4.90 Å². The summed E-state index contributed by atoms with van der Waals surface area (Å²) in [5.74, 6) is -0.732. The van der Waals surface area contributed by atoms with Crippen LogP contribution in [-0.2, 0) is 19.6 Å². The van der Waals surface area contributed by atoms with E-state index in [2.05, 4.69) is 20.7 Å². The number of benzene rings is 1. The number of nitro groups is 1. The van der Waals surface area contributed by atoms with Gasteiger partial charge >= 0.3 is 5.97 Å². The maximum atomic E-state index is 12.3. The Labute approximate surface area is 136 Å². The molecule has 1 aromatic rings. The standard InChI is InChI=1S/C12H15BrN2O6S/c1-2-21-12(16)9(7-8-13)14-22(19,20)11-6-4-3-5-10(11)15(17)18/h3-6,9,14H,2,7-8H2,1H3/t9-/m0/s1. The summed E-state index contributed by atoms with van der Waals surface area (Å²) in [5, 5.41) is 11.3. The van der Waals surface area contributed by atoms with Gasteiger partial charge in [-0.05, 0) is 19.4 Å². The van der Waals surface area contributed by atoms with E-state index in [4.69, 9.17) is 4.74 Å². The fourth-order valence-electron chi connectivity index (χ4n) is 1.66. The largest absolute Gasteiger partial charge is 0.465 e. The number of nitrogens with one attached hydrogen (secondary N) is 1. The molecular formula is C12H15BrN2O6S. The lowest BCUT2D eigenvalue weighted by atomic mass is 10.2. The number of hydrogen-bond donors (Lipinski definition) is 1. The van der Waals surface area contributed by atoms with Gasteiger partial charge in [0.1, 0.15) is 6.04 Å². The van der Waals surface area contributed by atoms with Crippen LogP contribution in [0.1, 0.15) is 13.3 Å². The Morgan fingerprint density at radius 3 is 2.64 bits per heavy atom. The molecule has 0 spiro atoms. The Kier molecular flexibility index (Phi) is 6.91. The van der Waals surface area contributed by atoms with Gasteiger partial charge < -0.3 is 4.74 Å². The molecule has 1 rings (SSSR count). The smallest absolute Gasteiger partial charge is 0.324 e. The van der Waals surface area contributed by atoms with Crippen LogP contribution in [0.3, 0.4) is 0 Å². The van der Waals surface area contributed by atoms with E-state index in [-0.39, 0.29) is 13.0 Å². The maximum absolute atomic E-state index is 12.3. The van der Waals surface area contributed by atoms with Gasteiger partial charge in [0.05, 0.1) is 11.5 Å². The van der Waals surface area contributed by atoms with Gasteiger partial charge in [-0.25, -0.2) is 8.42 Å². The summed E-state index contributed by atoms with van der Waals surface area (Å²) < 4.78 is 31.6. The van der Waals surface area contributed by atoms with Crippen molar-refractivity contribution in [2.24, 2.45) is 0 Å². The van der Waals surface area contributed by atoms with Crippen LogP contribution < -0.4 is 4.72 Å². The highest BCUT2D eigenvalue weighted by Crippen LogP contribution is 2.23. The zero-order chi connectivity index (χ0) is 16.8. The first-order chi connectivity index (χ1) is 10.3. The lowest BCUT2D eigenvalue weighted by molar-refractivity contribution is -0.387. The van der Waals surface area contributed by atoms with E-state index in [9.17, 15) is 23.3 Å². The van der Waals surface area contributed by atoms with Crippen LogP contribution in [0, 0.1) is 10.1 Å². The molecule has 1 N–H and O–H groups in total. The number of nitro benzene ring substituents is 1. The van der Waals surface area contributed by atoms with Crippen molar-refractivity contribution in [3.05, 3.63) is 34.4 Å². The number of para-hydroxylation sites is 1. The fourth-order valence-corrected chi connectivity index (χ4v) is 3.51. The number of ether oxygens (including phenoxy) is 1. The number of carbonyl (C=O) groups is 1. The van der Waals surface area contributed by atoms with E-state index >= 15 is 0 Å². The van der Waals surface area contributed by atoms with E-state index in [1.807, 2.05) is 0 Å². The molecule has 0 aromatic heterocycles. The van der Waals surface area contributed by atoms with Crippen molar-refractivity contribution in [3.8, 4) is 0 Å². The van der Waals surface area contributed by atoms with E-state index in [0.717, 1.165) is 12.1 Å². The van der Waals surface area contributed by atoms with Crippen LogP contribution in [0.15, 0.2) is 29.2 Å². The lowest BCUT2D eigenvalue weighted by Gasteiger charge is -2.16. The molecule has 10 heteroatoms. The van der Waals surface area contributed by atoms with Crippen molar-refractivity contribution in [2.75, 3.05) is 11.9 Å². The molecule has 0 radical (unpaired) electrons. The highest BCUT2D eigenvalue weighted by atomic mass is 79.9. The zero-order valence-electron chi connectivity index (χ0n) is 11.7. The maximum Gasteiger partial charge on any atom is 0.324 e. The Balaban J connectivity index is 3.13. The number of nitrogens with zero attached hydrogens (tertiary/aromatic N) is 1. The van der Waals surface area contributed by atoms with Gasteiger partial charge in [0, 0.05) is 11.4 Å². The molecular weight excluding hydrogens is 380 g/mol. The number of alkyl halides is 1. The van der Waals surface area contributed by atoms with Crippen molar-refractivity contribution in [2.45, 2.75) is 24.3 Å². The van der Waals surface area contributed by atoms with Crippen LogP contribution in [0.5, 0.6) is 0 Å². The van der Waals surface area contributed by atoms with Gasteiger partial charge in [-0.2, -0.15) is 4.72 Å². The predicted molar refractivity (Wildman–Crippen MR) is 82.2 cm³/mol. The summed E-state index contributed by atoms with van der Waals surface area (Å²) in [6.45, 7) is 1.70. The first-order valence-corrected chi connectivity index (χ1v) is 8.92. The van der Waals surface area contributed by atoms with E-state index < -0.39 is 37.5 Å². The van der Waals surface area contributed by atoms with Crippen molar-refractivity contribution in [3.63, 3.8) is 0 Å². The third kappa shape index (κ3) is 4.75. The molecule has 0 aliphatic rings. The second-order valence-corrected chi connectivity index (χ2v) is 6.60. The summed E-state index contributed by atoms with van der Waals surface area (Å²) in [5.41, 5.74) is -0.559. The minimum atomic E-state index is -4.23. The van der Waals surface area contributed by atoms with Crippen LogP contribution in [0.2, 0.25) is 0 Å². The lowest BCUT2D eigenvalue weighted by Crippen LogP contribution is -2.42. The zero-order valence-corrected chi connectivity index (χ0v) is 14.1. The predicted octanol–water partition coefficient (Wildman–Crippen LogP) is 1.59. The molecule has 0 saturated heterocycles. The number of rotatable bonds is 8. The Bertz CT molecular complexity index is 649. The van der Waals surface area contributed by atoms with Gasteiger partial charge in [-0.1, -0.05) is 28.1 Å². The molecule has 0 unspecified atom stereocenters. The number of carbonyl (C=O) groups excluding carboxylic acids is 1. The number of halogens is 1. The fraction of sp³-hybridized carbons (Fsp3) is 0.417. The van der Waals surface area contributed by atoms with E-state index in [0.29, 0.717) is 5.33 Å². The van der Waals surface area contributed by atoms with Gasteiger partial charge in [-0.3, -0.25) is 14.9 Å². The number of sulfonamides is 1. The molecule has 0 saturated carbocycles. The molecule has 0 bridgehead atoms. The van der Waals surface area contributed by atoms with Gasteiger partial charge in [-0.15, -0.1) is 0 Å². The van der Waals surface area contributed by atoms with Crippen molar-refractivity contribution < 1.29 is 22.9 Å². The summed E-state index contributed by atoms with van der Waals surface area (Å²) >= 11 is 3.12. The molecule has 0 amide bonds. The molecule has 0 aliphatic heterocycles. The highest BCUT2D eigenvalue weighted by Gasteiger charge is 2.30. The second kappa shape index (κ2) is 8.20. The van der Waals surface area contributed by atoms with Crippen molar-refractivity contribution >= 4 is 37.6 Å². The highest BCUT2D eigenvalue weighted by molar-refractivity contribution is 9.09. The minimum Gasteiger partial charge on any atom is -0.465 e. The van der Waals surface area contributed by atoms with Crippen LogP contribution in [0.25, 0.3) is 0 Å². The normalized spacial score (nSPS) is 12.6. The molecule has 22 heavy (non-hydrogen) atoms. The third-order valence-electron chi connectivity index (χ3n) is 2.62. The Morgan fingerprint density at radius 2 is 2.09 bits per heavy atom. The van der Waals surface area contributed by atoms with Crippen LogP contribution in [0.4, 0.5) is 5.69 Å². The van der Waals surface area contributed by atoms with E-state index in [1.165, 1.54) is 12.1 Å².